The van der Waals surface area contributed by atoms with E-state index in [4.69, 9.17) is 5.73 Å². The lowest BCUT2D eigenvalue weighted by molar-refractivity contribution is -0.385. The van der Waals surface area contributed by atoms with Gasteiger partial charge in [0.15, 0.2) is 0 Å². The number of hydrogen-bond donors (Lipinski definition) is 1. The van der Waals surface area contributed by atoms with Crippen molar-refractivity contribution in [1.29, 1.82) is 0 Å². The van der Waals surface area contributed by atoms with E-state index in [-0.39, 0.29) is 11.1 Å². The highest BCUT2D eigenvalue weighted by atomic mass is 16.6. The van der Waals surface area contributed by atoms with Gasteiger partial charge < -0.3 is 5.73 Å². The van der Waals surface area contributed by atoms with Crippen LogP contribution >= 0.6 is 0 Å². The normalized spacial score (nSPS) is 17.8. The topological polar surface area (TPSA) is 82.0 Å². The highest BCUT2D eigenvalue weighted by Crippen LogP contribution is 2.45. The fourth-order valence-electron chi connectivity index (χ4n) is 2.32. The van der Waals surface area contributed by atoms with Gasteiger partial charge in [0.1, 0.15) is 6.20 Å². The van der Waals surface area contributed by atoms with E-state index in [1.807, 2.05) is 0 Å². The summed E-state index contributed by atoms with van der Waals surface area (Å²) in [5.74, 6) is 0. The fraction of sp³-hybridized carbons (Fsp3) is 0.545. The molecule has 86 valence electrons. The molecular weight excluding hydrogens is 206 g/mol. The summed E-state index contributed by atoms with van der Waals surface area (Å²) in [6.07, 6.45) is 5.63. The molecule has 1 fully saturated rings. The van der Waals surface area contributed by atoms with Crippen molar-refractivity contribution in [1.82, 2.24) is 4.98 Å². The summed E-state index contributed by atoms with van der Waals surface area (Å²) in [6.45, 7) is 0.638. The van der Waals surface area contributed by atoms with E-state index in [2.05, 4.69) is 4.98 Å². The number of nitrogens with zero attached hydrogens (tertiary/aromatic N) is 2. The molecule has 0 radical (unpaired) electrons. The smallest absolute Gasteiger partial charge is 0.287 e. The molecule has 0 unspecified atom stereocenters. The Kier molecular flexibility index (Phi) is 2.87. The standard InChI is InChI=1S/C11H15N3O2/c12-7-6-11(4-1-5-11)10-3-2-9(8-13-10)14(15)16/h2-3,8H,1,4-7,12H2. The SMILES string of the molecule is NCCC1(c2ccc([N+](=O)[O-])cn2)CCC1. The van der Waals surface area contributed by atoms with Crippen LogP contribution in [0.2, 0.25) is 0 Å². The number of aromatic nitrogens is 1. The molecule has 2 N–H and O–H groups in total. The summed E-state index contributed by atoms with van der Waals surface area (Å²) in [7, 11) is 0. The zero-order valence-electron chi connectivity index (χ0n) is 9.06. The average Bonchev–Trinajstić information content (AvgIpc) is 2.23. The minimum absolute atomic E-state index is 0.0472. The first-order valence-corrected chi connectivity index (χ1v) is 5.49. The molecule has 2 rings (SSSR count). The lowest BCUT2D eigenvalue weighted by atomic mass is 9.64. The molecule has 0 bridgehead atoms. The van der Waals surface area contributed by atoms with Crippen molar-refractivity contribution >= 4 is 5.69 Å². The third-order valence-corrected chi connectivity index (χ3v) is 3.44. The van der Waals surface area contributed by atoms with Gasteiger partial charge in [0.25, 0.3) is 5.69 Å². The Labute approximate surface area is 93.8 Å². The van der Waals surface area contributed by atoms with Crippen LogP contribution in [-0.4, -0.2) is 16.5 Å². The number of hydrogen-bond acceptors (Lipinski definition) is 4. The van der Waals surface area contributed by atoms with Gasteiger partial charge in [0.05, 0.1) is 4.92 Å². The van der Waals surface area contributed by atoms with Gasteiger partial charge in [-0.25, -0.2) is 0 Å². The van der Waals surface area contributed by atoms with E-state index in [9.17, 15) is 10.1 Å². The van der Waals surface area contributed by atoms with E-state index in [0.717, 1.165) is 25.0 Å². The van der Waals surface area contributed by atoms with Crippen LogP contribution < -0.4 is 5.73 Å². The second-order valence-electron chi connectivity index (χ2n) is 4.33. The van der Waals surface area contributed by atoms with Crippen LogP contribution in [-0.2, 0) is 5.41 Å². The van der Waals surface area contributed by atoms with Crippen LogP contribution in [0.25, 0.3) is 0 Å². The molecule has 0 aliphatic heterocycles. The van der Waals surface area contributed by atoms with Crippen molar-refractivity contribution in [2.45, 2.75) is 31.1 Å². The van der Waals surface area contributed by atoms with Gasteiger partial charge in [-0.1, -0.05) is 6.42 Å². The largest absolute Gasteiger partial charge is 0.330 e. The first-order valence-electron chi connectivity index (χ1n) is 5.49. The predicted octanol–water partition coefficient (Wildman–Crippen LogP) is 1.76. The van der Waals surface area contributed by atoms with Gasteiger partial charge in [0.2, 0.25) is 0 Å². The number of nitrogens with two attached hydrogens (primary N) is 1. The van der Waals surface area contributed by atoms with Gasteiger partial charge in [-0.05, 0) is 31.9 Å². The lowest BCUT2D eigenvalue weighted by Crippen LogP contribution is -2.37. The Morgan fingerprint density at radius 1 is 1.50 bits per heavy atom. The zero-order valence-corrected chi connectivity index (χ0v) is 9.06. The first-order chi connectivity index (χ1) is 7.68. The molecule has 1 aliphatic rings. The maximum absolute atomic E-state index is 10.5. The highest BCUT2D eigenvalue weighted by molar-refractivity contribution is 5.31. The molecule has 0 atom stereocenters. The summed E-state index contributed by atoms with van der Waals surface area (Å²) < 4.78 is 0. The van der Waals surface area contributed by atoms with E-state index in [1.54, 1.807) is 6.07 Å². The number of rotatable bonds is 4. The quantitative estimate of drug-likeness (QED) is 0.620. The molecule has 0 spiro atoms. The summed E-state index contributed by atoms with van der Waals surface area (Å²) in [6, 6.07) is 3.30. The van der Waals surface area contributed by atoms with Crippen molar-refractivity contribution in [3.63, 3.8) is 0 Å². The van der Waals surface area contributed by atoms with Crippen molar-refractivity contribution in [2.75, 3.05) is 6.54 Å². The maximum atomic E-state index is 10.5. The van der Waals surface area contributed by atoms with Crippen LogP contribution in [0.3, 0.4) is 0 Å². The Morgan fingerprint density at radius 3 is 2.62 bits per heavy atom. The maximum Gasteiger partial charge on any atom is 0.287 e. The molecular formula is C11H15N3O2. The van der Waals surface area contributed by atoms with Crippen molar-refractivity contribution in [3.05, 3.63) is 34.1 Å². The second-order valence-corrected chi connectivity index (χ2v) is 4.33. The average molecular weight is 221 g/mol. The highest BCUT2D eigenvalue weighted by Gasteiger charge is 2.39. The summed E-state index contributed by atoms with van der Waals surface area (Å²) in [5.41, 5.74) is 6.69. The van der Waals surface area contributed by atoms with Crippen LogP contribution in [0.1, 0.15) is 31.4 Å². The van der Waals surface area contributed by atoms with Gasteiger partial charge >= 0.3 is 0 Å². The molecule has 1 saturated carbocycles. The molecule has 5 heteroatoms. The van der Waals surface area contributed by atoms with Gasteiger partial charge in [-0.15, -0.1) is 0 Å². The van der Waals surface area contributed by atoms with Crippen LogP contribution in [0.4, 0.5) is 5.69 Å². The molecule has 0 saturated heterocycles. The molecule has 16 heavy (non-hydrogen) atoms. The first kappa shape index (κ1) is 11.0. The lowest BCUT2D eigenvalue weighted by Gasteiger charge is -2.41. The van der Waals surface area contributed by atoms with E-state index < -0.39 is 4.92 Å². The minimum atomic E-state index is -0.423. The van der Waals surface area contributed by atoms with Gasteiger partial charge in [0, 0.05) is 17.2 Å². The second kappa shape index (κ2) is 4.17. The number of nitro groups is 1. The van der Waals surface area contributed by atoms with Crippen molar-refractivity contribution < 1.29 is 4.92 Å². The van der Waals surface area contributed by atoms with Gasteiger partial charge in [-0.2, -0.15) is 0 Å². The zero-order chi connectivity index (χ0) is 11.6. The van der Waals surface area contributed by atoms with E-state index in [0.29, 0.717) is 6.54 Å². The molecule has 5 nitrogen and oxygen atoms in total. The molecule has 1 aliphatic carbocycles. The Balaban J connectivity index is 2.23. The molecule has 1 aromatic rings. The van der Waals surface area contributed by atoms with E-state index >= 15 is 0 Å². The molecule has 0 aromatic carbocycles. The summed E-state index contributed by atoms with van der Waals surface area (Å²) >= 11 is 0. The predicted molar refractivity (Wildman–Crippen MR) is 60.1 cm³/mol. The van der Waals surface area contributed by atoms with Crippen LogP contribution in [0.15, 0.2) is 18.3 Å². The van der Waals surface area contributed by atoms with Crippen molar-refractivity contribution in [2.24, 2.45) is 5.73 Å². The fourth-order valence-corrected chi connectivity index (χ4v) is 2.32. The summed E-state index contributed by atoms with van der Waals surface area (Å²) in [5, 5.41) is 10.5. The monoisotopic (exact) mass is 221 g/mol. The minimum Gasteiger partial charge on any atom is -0.330 e. The Hall–Kier alpha value is -1.49. The van der Waals surface area contributed by atoms with Crippen molar-refractivity contribution in [3.8, 4) is 0 Å². The van der Waals surface area contributed by atoms with E-state index in [1.165, 1.54) is 18.7 Å². The molecule has 0 amide bonds. The summed E-state index contributed by atoms with van der Waals surface area (Å²) in [4.78, 5) is 14.3. The van der Waals surface area contributed by atoms with Crippen LogP contribution in [0, 0.1) is 10.1 Å². The third kappa shape index (κ3) is 1.78. The third-order valence-electron chi connectivity index (χ3n) is 3.44. The Morgan fingerprint density at radius 2 is 2.25 bits per heavy atom. The Bertz CT molecular complexity index is 385. The van der Waals surface area contributed by atoms with Crippen LogP contribution in [0.5, 0.6) is 0 Å². The number of pyridine rings is 1. The molecule has 1 heterocycles. The van der Waals surface area contributed by atoms with Gasteiger partial charge in [-0.3, -0.25) is 15.1 Å². The molecule has 1 aromatic heterocycles.